The summed E-state index contributed by atoms with van der Waals surface area (Å²) >= 11 is 0. The summed E-state index contributed by atoms with van der Waals surface area (Å²) in [7, 11) is 0. The van der Waals surface area contributed by atoms with Gasteiger partial charge in [-0.3, -0.25) is 4.99 Å². The number of aliphatic imine (C=N–C) groups is 1. The van der Waals surface area contributed by atoms with Gasteiger partial charge in [0.25, 0.3) is 0 Å². The Morgan fingerprint density at radius 1 is 1.30 bits per heavy atom. The second-order valence-electron chi connectivity index (χ2n) is 3.25. The first-order valence-electron chi connectivity index (χ1n) is 3.88. The summed E-state index contributed by atoms with van der Waals surface area (Å²) in [6.07, 6.45) is 4.66. The van der Waals surface area contributed by atoms with Gasteiger partial charge in [0.1, 0.15) is 0 Å². The minimum absolute atomic E-state index is 0.815. The van der Waals surface area contributed by atoms with Crippen molar-refractivity contribution in [1.82, 2.24) is 0 Å². The monoisotopic (exact) mass is 137 g/mol. The van der Waals surface area contributed by atoms with Crippen molar-refractivity contribution in [2.24, 2.45) is 10.9 Å². The fourth-order valence-electron chi connectivity index (χ4n) is 0.837. The zero-order chi connectivity index (χ0) is 7.56. The number of nitrogens with zero attached hydrogens (tertiary/aromatic N) is 1. The quantitative estimate of drug-likeness (QED) is 0.519. The Morgan fingerprint density at radius 3 is 2.30 bits per heavy atom. The van der Waals surface area contributed by atoms with E-state index in [1.54, 1.807) is 0 Å². The summed E-state index contributed by atoms with van der Waals surface area (Å²) in [5, 5.41) is 0. The molecule has 1 fully saturated rings. The van der Waals surface area contributed by atoms with Gasteiger partial charge in [-0.1, -0.05) is 5.57 Å². The van der Waals surface area contributed by atoms with E-state index in [4.69, 9.17) is 0 Å². The van der Waals surface area contributed by atoms with E-state index in [1.165, 1.54) is 24.1 Å². The van der Waals surface area contributed by atoms with Gasteiger partial charge in [-0.15, -0.1) is 0 Å². The molecule has 1 heteroatoms. The molecule has 0 amide bonds. The molecule has 0 aromatic heterocycles. The maximum Gasteiger partial charge on any atom is 0.0253 e. The molecule has 1 nitrogen and oxygen atoms in total. The van der Waals surface area contributed by atoms with Gasteiger partial charge in [-0.05, 0) is 39.5 Å². The Morgan fingerprint density at radius 2 is 1.90 bits per heavy atom. The second-order valence-corrected chi connectivity index (χ2v) is 3.25. The Labute approximate surface area is 62.9 Å². The minimum atomic E-state index is 0.815. The molecule has 0 bridgehead atoms. The largest absolute Gasteiger partial charge is 0.266 e. The van der Waals surface area contributed by atoms with E-state index in [2.05, 4.69) is 25.8 Å². The van der Waals surface area contributed by atoms with Crippen LogP contribution in [-0.2, 0) is 0 Å². The highest BCUT2D eigenvalue weighted by atomic mass is 14.7. The van der Waals surface area contributed by atoms with E-state index >= 15 is 0 Å². The summed E-state index contributed by atoms with van der Waals surface area (Å²) in [5.74, 6) is 0.815. The average molecular weight is 137 g/mol. The summed E-state index contributed by atoms with van der Waals surface area (Å²) in [5.41, 5.74) is 2.58. The van der Waals surface area contributed by atoms with Crippen LogP contribution in [0.15, 0.2) is 16.8 Å². The van der Waals surface area contributed by atoms with Crippen LogP contribution in [0, 0.1) is 5.92 Å². The Hall–Kier alpha value is -0.590. The second kappa shape index (κ2) is 3.00. The zero-order valence-electron chi connectivity index (χ0n) is 7.02. The SMILES string of the molecule is CC(C)=CN=C(C)C1CC1. The highest BCUT2D eigenvalue weighted by molar-refractivity contribution is 5.86. The minimum Gasteiger partial charge on any atom is -0.266 e. The molecule has 0 heterocycles. The van der Waals surface area contributed by atoms with Crippen LogP contribution in [-0.4, -0.2) is 5.71 Å². The lowest BCUT2D eigenvalue weighted by atomic mass is 10.3. The average Bonchev–Trinajstić information content (AvgIpc) is 2.63. The molecule has 56 valence electrons. The first-order chi connectivity index (χ1) is 4.70. The van der Waals surface area contributed by atoms with Gasteiger partial charge < -0.3 is 0 Å². The molecule has 1 rings (SSSR count). The van der Waals surface area contributed by atoms with Crippen molar-refractivity contribution >= 4 is 5.71 Å². The topological polar surface area (TPSA) is 12.4 Å². The highest BCUT2D eigenvalue weighted by Gasteiger charge is 2.23. The van der Waals surface area contributed by atoms with Crippen LogP contribution in [0.3, 0.4) is 0 Å². The molecule has 0 N–H and O–H groups in total. The lowest BCUT2D eigenvalue weighted by Gasteiger charge is -1.91. The van der Waals surface area contributed by atoms with Crippen LogP contribution < -0.4 is 0 Å². The van der Waals surface area contributed by atoms with Crippen LogP contribution in [0.2, 0.25) is 0 Å². The molecule has 0 atom stereocenters. The smallest absolute Gasteiger partial charge is 0.0253 e. The Bertz CT molecular complexity index is 169. The fourth-order valence-corrected chi connectivity index (χ4v) is 0.837. The summed E-state index contributed by atoms with van der Waals surface area (Å²) in [6.45, 7) is 6.27. The first-order valence-corrected chi connectivity index (χ1v) is 3.88. The lowest BCUT2D eigenvalue weighted by Crippen LogP contribution is -1.91. The molecule has 0 spiro atoms. The van der Waals surface area contributed by atoms with Crippen molar-refractivity contribution in [2.75, 3.05) is 0 Å². The van der Waals surface area contributed by atoms with Crippen LogP contribution in [0.1, 0.15) is 33.6 Å². The Balaban J connectivity index is 2.44. The predicted octanol–water partition coefficient (Wildman–Crippen LogP) is 2.78. The maximum absolute atomic E-state index is 4.34. The van der Waals surface area contributed by atoms with Crippen LogP contribution in [0.25, 0.3) is 0 Å². The normalized spacial score (nSPS) is 18.9. The summed E-state index contributed by atoms with van der Waals surface area (Å²) in [4.78, 5) is 4.34. The third-order valence-electron chi connectivity index (χ3n) is 1.69. The number of allylic oxidation sites excluding steroid dienone is 1. The lowest BCUT2D eigenvalue weighted by molar-refractivity contribution is 1.16. The first kappa shape index (κ1) is 7.52. The van der Waals surface area contributed by atoms with Gasteiger partial charge in [-0.2, -0.15) is 0 Å². The van der Waals surface area contributed by atoms with Gasteiger partial charge in [-0.25, -0.2) is 0 Å². The third kappa shape index (κ3) is 2.34. The van der Waals surface area contributed by atoms with Gasteiger partial charge in [0.05, 0.1) is 0 Å². The van der Waals surface area contributed by atoms with Gasteiger partial charge >= 0.3 is 0 Å². The standard InChI is InChI=1S/C9H15N/c1-7(2)6-10-8(3)9-4-5-9/h6,9H,4-5H2,1-3H3. The molecule has 0 aromatic carbocycles. The molecule has 0 aliphatic heterocycles. The number of rotatable bonds is 2. The van der Waals surface area contributed by atoms with Crippen molar-refractivity contribution in [2.45, 2.75) is 33.6 Å². The number of hydrogen-bond acceptors (Lipinski definition) is 1. The zero-order valence-corrected chi connectivity index (χ0v) is 7.02. The molecule has 0 aromatic rings. The molecule has 10 heavy (non-hydrogen) atoms. The third-order valence-corrected chi connectivity index (χ3v) is 1.69. The van der Waals surface area contributed by atoms with Gasteiger partial charge in [0, 0.05) is 11.9 Å². The van der Waals surface area contributed by atoms with Crippen molar-refractivity contribution in [3.8, 4) is 0 Å². The molecule has 0 saturated heterocycles. The van der Waals surface area contributed by atoms with Crippen molar-refractivity contribution in [3.63, 3.8) is 0 Å². The van der Waals surface area contributed by atoms with Crippen LogP contribution in [0.4, 0.5) is 0 Å². The Kier molecular flexibility index (Phi) is 2.25. The van der Waals surface area contributed by atoms with Crippen LogP contribution >= 0.6 is 0 Å². The van der Waals surface area contributed by atoms with Crippen molar-refractivity contribution in [1.29, 1.82) is 0 Å². The molecule has 1 saturated carbocycles. The molecule has 1 aliphatic carbocycles. The molecule has 0 radical (unpaired) electrons. The van der Waals surface area contributed by atoms with Crippen molar-refractivity contribution < 1.29 is 0 Å². The predicted molar refractivity (Wildman–Crippen MR) is 45.3 cm³/mol. The van der Waals surface area contributed by atoms with Gasteiger partial charge in [0.2, 0.25) is 0 Å². The summed E-state index contributed by atoms with van der Waals surface area (Å²) < 4.78 is 0. The van der Waals surface area contributed by atoms with E-state index in [9.17, 15) is 0 Å². The van der Waals surface area contributed by atoms with E-state index in [-0.39, 0.29) is 0 Å². The molecular formula is C9H15N. The molecule has 0 unspecified atom stereocenters. The maximum atomic E-state index is 4.34. The highest BCUT2D eigenvalue weighted by Crippen LogP contribution is 2.30. The van der Waals surface area contributed by atoms with Gasteiger partial charge in [0.15, 0.2) is 0 Å². The number of hydrogen-bond donors (Lipinski definition) is 0. The molecule has 1 aliphatic rings. The van der Waals surface area contributed by atoms with Crippen LogP contribution in [0.5, 0.6) is 0 Å². The van der Waals surface area contributed by atoms with E-state index in [1.807, 2.05) is 6.20 Å². The van der Waals surface area contributed by atoms with E-state index < -0.39 is 0 Å². The van der Waals surface area contributed by atoms with E-state index in [0.717, 1.165) is 5.92 Å². The van der Waals surface area contributed by atoms with Crippen molar-refractivity contribution in [3.05, 3.63) is 11.8 Å². The molecular weight excluding hydrogens is 122 g/mol. The van der Waals surface area contributed by atoms with E-state index in [0.29, 0.717) is 0 Å². The fraction of sp³-hybridized carbons (Fsp3) is 0.667. The summed E-state index contributed by atoms with van der Waals surface area (Å²) in [6, 6.07) is 0.